The van der Waals surface area contributed by atoms with Gasteiger partial charge in [-0.3, -0.25) is 4.79 Å². The van der Waals surface area contributed by atoms with E-state index in [0.717, 1.165) is 12.1 Å². The Morgan fingerprint density at radius 1 is 1.58 bits per heavy atom. The summed E-state index contributed by atoms with van der Waals surface area (Å²) >= 11 is 3.38. The smallest absolute Gasteiger partial charge is 0.283 e. The van der Waals surface area contributed by atoms with Crippen LogP contribution in [0.25, 0.3) is 0 Å². The summed E-state index contributed by atoms with van der Waals surface area (Å²) in [4.78, 5) is 12.1. The van der Waals surface area contributed by atoms with Crippen molar-refractivity contribution >= 4 is 21.6 Å². The number of nitrogens with zero attached hydrogens (tertiary/aromatic N) is 2. The highest BCUT2D eigenvalue weighted by Crippen LogP contribution is 2.28. The summed E-state index contributed by atoms with van der Waals surface area (Å²) < 4.78 is 1.95. The maximum absolute atomic E-state index is 12.1. The summed E-state index contributed by atoms with van der Waals surface area (Å²) in [6.45, 7) is 6.31. The molecule has 1 N–H and O–H groups in total. The van der Waals surface area contributed by atoms with Crippen molar-refractivity contribution in [1.29, 1.82) is 0 Å². The Hall–Kier alpha value is -1.10. The van der Waals surface area contributed by atoms with E-state index in [2.05, 4.69) is 39.8 Å². The van der Waals surface area contributed by atoms with Gasteiger partial charge in [0.15, 0.2) is 0 Å². The topological polar surface area (TPSA) is 46.9 Å². The second-order valence-corrected chi connectivity index (χ2v) is 5.95. The van der Waals surface area contributed by atoms with E-state index in [1.165, 1.54) is 23.9 Å². The standard InChI is InChI=1S/C14H20BrN3O/c1-3-8-18-14(19)13(15)12(9-16-18)17-11-7-5-4-6-10(11)2/h3,9-11,17H,1,4-8H2,2H3. The number of hydrogen-bond donors (Lipinski definition) is 1. The van der Waals surface area contributed by atoms with Crippen LogP contribution >= 0.6 is 15.9 Å². The Kier molecular flexibility index (Phi) is 4.80. The van der Waals surface area contributed by atoms with Gasteiger partial charge in [0.2, 0.25) is 0 Å². The normalized spacial score (nSPS) is 23.1. The molecule has 0 aliphatic heterocycles. The Bertz CT molecular complexity index is 512. The zero-order valence-electron chi connectivity index (χ0n) is 11.2. The van der Waals surface area contributed by atoms with Crippen LogP contribution in [0.3, 0.4) is 0 Å². The van der Waals surface area contributed by atoms with Crippen LogP contribution in [0.2, 0.25) is 0 Å². The summed E-state index contributed by atoms with van der Waals surface area (Å²) in [5, 5.41) is 7.62. The molecule has 5 heteroatoms. The van der Waals surface area contributed by atoms with Crippen molar-refractivity contribution in [3.63, 3.8) is 0 Å². The molecule has 104 valence electrons. The summed E-state index contributed by atoms with van der Waals surface area (Å²) in [5.41, 5.74) is 0.678. The van der Waals surface area contributed by atoms with Crippen LogP contribution in [0.5, 0.6) is 0 Å². The fourth-order valence-electron chi connectivity index (χ4n) is 2.55. The minimum absolute atomic E-state index is 0.117. The van der Waals surface area contributed by atoms with E-state index < -0.39 is 0 Å². The highest BCUT2D eigenvalue weighted by Gasteiger charge is 2.22. The van der Waals surface area contributed by atoms with Crippen molar-refractivity contribution in [1.82, 2.24) is 9.78 Å². The molecule has 1 saturated carbocycles. The van der Waals surface area contributed by atoms with Crippen LogP contribution in [0.15, 0.2) is 28.1 Å². The summed E-state index contributed by atoms with van der Waals surface area (Å²) in [7, 11) is 0. The molecule has 2 rings (SSSR count). The maximum atomic E-state index is 12.1. The minimum Gasteiger partial charge on any atom is -0.380 e. The van der Waals surface area contributed by atoms with Gasteiger partial charge in [-0.15, -0.1) is 6.58 Å². The average molecular weight is 326 g/mol. The Balaban J connectivity index is 2.19. The van der Waals surface area contributed by atoms with Crippen LogP contribution in [0.4, 0.5) is 5.69 Å². The van der Waals surface area contributed by atoms with Crippen LogP contribution in [0, 0.1) is 5.92 Å². The first-order chi connectivity index (χ1) is 9.13. The van der Waals surface area contributed by atoms with Crippen LogP contribution < -0.4 is 10.9 Å². The van der Waals surface area contributed by atoms with E-state index >= 15 is 0 Å². The molecule has 1 aliphatic rings. The highest BCUT2D eigenvalue weighted by atomic mass is 79.9. The predicted octanol–water partition coefficient (Wildman–Crippen LogP) is 3.18. The molecule has 0 radical (unpaired) electrons. The van der Waals surface area contributed by atoms with Gasteiger partial charge in [-0.1, -0.05) is 25.8 Å². The van der Waals surface area contributed by atoms with Crippen molar-refractivity contribution in [2.24, 2.45) is 5.92 Å². The number of anilines is 1. The summed E-state index contributed by atoms with van der Waals surface area (Å²) in [5.74, 6) is 0.635. The lowest BCUT2D eigenvalue weighted by Crippen LogP contribution is -2.32. The highest BCUT2D eigenvalue weighted by molar-refractivity contribution is 9.10. The zero-order chi connectivity index (χ0) is 13.8. The summed E-state index contributed by atoms with van der Waals surface area (Å²) in [6.07, 6.45) is 8.34. The fourth-order valence-corrected chi connectivity index (χ4v) is 2.97. The number of halogens is 1. The molecule has 4 nitrogen and oxygen atoms in total. The van der Waals surface area contributed by atoms with Crippen LogP contribution in [-0.4, -0.2) is 15.8 Å². The van der Waals surface area contributed by atoms with Crippen molar-refractivity contribution in [3.8, 4) is 0 Å². The molecule has 1 heterocycles. The minimum atomic E-state index is -0.117. The van der Waals surface area contributed by atoms with Crippen molar-refractivity contribution in [2.45, 2.75) is 45.2 Å². The molecule has 0 saturated heterocycles. The van der Waals surface area contributed by atoms with Crippen LogP contribution in [-0.2, 0) is 6.54 Å². The molecule has 1 fully saturated rings. The first-order valence-corrected chi connectivity index (χ1v) is 7.56. The lowest BCUT2D eigenvalue weighted by molar-refractivity contribution is 0.349. The van der Waals surface area contributed by atoms with Gasteiger partial charge in [0.05, 0.1) is 18.4 Å². The largest absolute Gasteiger partial charge is 0.380 e. The number of aromatic nitrogens is 2. The van der Waals surface area contributed by atoms with Crippen molar-refractivity contribution in [3.05, 3.63) is 33.7 Å². The second kappa shape index (κ2) is 6.37. The van der Waals surface area contributed by atoms with Gasteiger partial charge < -0.3 is 5.32 Å². The van der Waals surface area contributed by atoms with E-state index in [1.807, 2.05) is 0 Å². The first kappa shape index (κ1) is 14.3. The molecule has 19 heavy (non-hydrogen) atoms. The van der Waals surface area contributed by atoms with Crippen LogP contribution in [0.1, 0.15) is 32.6 Å². The lowest BCUT2D eigenvalue weighted by atomic mass is 9.86. The Morgan fingerprint density at radius 2 is 2.32 bits per heavy atom. The van der Waals surface area contributed by atoms with E-state index in [4.69, 9.17) is 0 Å². The average Bonchev–Trinajstić information content (AvgIpc) is 2.41. The number of allylic oxidation sites excluding steroid dienone is 1. The van der Waals surface area contributed by atoms with Gasteiger partial charge in [0.25, 0.3) is 5.56 Å². The third-order valence-electron chi connectivity index (χ3n) is 3.74. The van der Waals surface area contributed by atoms with Gasteiger partial charge >= 0.3 is 0 Å². The van der Waals surface area contributed by atoms with Gasteiger partial charge in [-0.25, -0.2) is 4.68 Å². The first-order valence-electron chi connectivity index (χ1n) is 6.76. The quantitative estimate of drug-likeness (QED) is 0.865. The number of nitrogens with one attached hydrogen (secondary N) is 1. The van der Waals surface area contributed by atoms with Gasteiger partial charge in [-0.2, -0.15) is 5.10 Å². The van der Waals surface area contributed by atoms with Crippen molar-refractivity contribution < 1.29 is 0 Å². The molecule has 2 atom stereocenters. The molecule has 2 unspecified atom stereocenters. The number of hydrogen-bond acceptors (Lipinski definition) is 3. The summed E-state index contributed by atoms with van der Waals surface area (Å²) in [6, 6.07) is 0.432. The van der Waals surface area contributed by atoms with Gasteiger partial charge in [0.1, 0.15) is 4.47 Å². The molecule has 1 aromatic heterocycles. The second-order valence-electron chi connectivity index (χ2n) is 5.16. The fraction of sp³-hybridized carbons (Fsp3) is 0.571. The Morgan fingerprint density at radius 3 is 3.00 bits per heavy atom. The molecule has 0 spiro atoms. The van der Waals surface area contributed by atoms with E-state index in [1.54, 1.807) is 12.3 Å². The lowest BCUT2D eigenvalue weighted by Gasteiger charge is -2.30. The maximum Gasteiger partial charge on any atom is 0.283 e. The molecule has 0 aromatic carbocycles. The molecular formula is C14H20BrN3O. The Labute approximate surface area is 122 Å². The number of rotatable bonds is 4. The van der Waals surface area contributed by atoms with E-state index in [-0.39, 0.29) is 5.56 Å². The molecule has 0 amide bonds. The predicted molar refractivity (Wildman–Crippen MR) is 81.4 cm³/mol. The molecule has 0 bridgehead atoms. The molecule has 1 aromatic rings. The van der Waals surface area contributed by atoms with E-state index in [0.29, 0.717) is 23.0 Å². The molecule has 1 aliphatic carbocycles. The van der Waals surface area contributed by atoms with Gasteiger partial charge in [-0.05, 0) is 34.7 Å². The third kappa shape index (κ3) is 3.26. The zero-order valence-corrected chi connectivity index (χ0v) is 12.8. The van der Waals surface area contributed by atoms with Crippen molar-refractivity contribution in [2.75, 3.05) is 5.32 Å². The molecular weight excluding hydrogens is 306 g/mol. The monoisotopic (exact) mass is 325 g/mol. The SMILES string of the molecule is C=CCn1ncc(NC2CCCCC2C)c(Br)c1=O. The van der Waals surface area contributed by atoms with E-state index in [9.17, 15) is 4.79 Å². The van der Waals surface area contributed by atoms with Gasteiger partial charge in [0, 0.05) is 6.04 Å². The third-order valence-corrected chi connectivity index (χ3v) is 4.51.